The maximum atomic E-state index is 10.7. The van der Waals surface area contributed by atoms with E-state index in [0.717, 1.165) is 31.4 Å². The van der Waals surface area contributed by atoms with Crippen LogP contribution in [0.5, 0.6) is 5.75 Å². The van der Waals surface area contributed by atoms with Crippen LogP contribution in [0.2, 0.25) is 0 Å². The van der Waals surface area contributed by atoms with Crippen molar-refractivity contribution in [1.82, 2.24) is 0 Å². The molecule has 5 atom stereocenters. The Balaban J connectivity index is 1.50. The van der Waals surface area contributed by atoms with Crippen LogP contribution in [0.1, 0.15) is 51.9 Å². The molecule has 2 aliphatic carbocycles. The first kappa shape index (κ1) is 20.9. The standard InChI is InChI=1S/C23H32O5/c1-23-13-12-21(25)19(20(23)14-16(23)6-5-9-22(26)27)11-10-17(24)15-28-18-7-3-2-4-8-18/h2-4,6-8,17,19-21,24-25H,5,9-15H2,1H3,(H,26,27)/t17?,19-,20-,21-,23-/m0/s1. The molecule has 1 unspecified atom stereocenters. The van der Waals surface area contributed by atoms with Crippen LogP contribution in [0.4, 0.5) is 0 Å². The van der Waals surface area contributed by atoms with Gasteiger partial charge in [0, 0.05) is 6.42 Å². The Morgan fingerprint density at radius 1 is 1.36 bits per heavy atom. The number of carboxylic acids is 1. The summed E-state index contributed by atoms with van der Waals surface area (Å²) in [4.78, 5) is 10.7. The van der Waals surface area contributed by atoms with Gasteiger partial charge in [-0.25, -0.2) is 0 Å². The molecule has 5 heteroatoms. The van der Waals surface area contributed by atoms with Gasteiger partial charge < -0.3 is 20.1 Å². The van der Waals surface area contributed by atoms with Gasteiger partial charge in [-0.2, -0.15) is 0 Å². The van der Waals surface area contributed by atoms with Crippen LogP contribution in [0, 0.1) is 17.3 Å². The third-order valence-electron chi connectivity index (χ3n) is 6.73. The zero-order valence-electron chi connectivity index (χ0n) is 16.6. The van der Waals surface area contributed by atoms with Gasteiger partial charge in [-0.3, -0.25) is 4.79 Å². The minimum Gasteiger partial charge on any atom is -0.491 e. The molecular formula is C23H32O5. The predicted molar refractivity (Wildman–Crippen MR) is 107 cm³/mol. The molecule has 154 valence electrons. The summed E-state index contributed by atoms with van der Waals surface area (Å²) in [6, 6.07) is 9.47. The second-order valence-corrected chi connectivity index (χ2v) is 8.51. The Morgan fingerprint density at radius 2 is 2.11 bits per heavy atom. The maximum Gasteiger partial charge on any atom is 0.303 e. The smallest absolute Gasteiger partial charge is 0.303 e. The van der Waals surface area contributed by atoms with Gasteiger partial charge in [0.15, 0.2) is 0 Å². The lowest BCUT2D eigenvalue weighted by Crippen LogP contribution is -2.52. The highest BCUT2D eigenvalue weighted by atomic mass is 16.5. The Morgan fingerprint density at radius 3 is 2.82 bits per heavy atom. The summed E-state index contributed by atoms with van der Waals surface area (Å²) in [5, 5.41) is 29.7. The molecule has 0 bridgehead atoms. The molecule has 0 saturated heterocycles. The molecule has 3 N–H and O–H groups in total. The molecule has 0 spiro atoms. The molecule has 2 aliphatic rings. The monoisotopic (exact) mass is 388 g/mol. The SMILES string of the molecule is C[C@@]12CC[C@H](O)[C@@H](CCC(O)COc3ccccc3)[C@@H]1CC2=CCCC(=O)O. The second kappa shape index (κ2) is 9.10. The molecule has 1 aromatic rings. The van der Waals surface area contributed by atoms with Crippen molar-refractivity contribution in [2.24, 2.45) is 17.3 Å². The van der Waals surface area contributed by atoms with Gasteiger partial charge in [0.2, 0.25) is 0 Å². The van der Waals surface area contributed by atoms with Gasteiger partial charge in [0.05, 0.1) is 12.2 Å². The van der Waals surface area contributed by atoms with Gasteiger partial charge in [-0.1, -0.05) is 36.8 Å². The first-order valence-electron chi connectivity index (χ1n) is 10.4. The minimum absolute atomic E-state index is 0.0773. The fourth-order valence-corrected chi connectivity index (χ4v) is 4.96. The normalized spacial score (nSPS) is 31.7. The maximum absolute atomic E-state index is 10.7. The first-order valence-corrected chi connectivity index (χ1v) is 10.4. The van der Waals surface area contributed by atoms with Crippen LogP contribution in [-0.2, 0) is 4.79 Å². The van der Waals surface area contributed by atoms with Crippen LogP contribution in [-0.4, -0.2) is 40.1 Å². The second-order valence-electron chi connectivity index (χ2n) is 8.51. The van der Waals surface area contributed by atoms with E-state index >= 15 is 0 Å². The zero-order chi connectivity index (χ0) is 20.1. The van der Waals surface area contributed by atoms with E-state index in [1.807, 2.05) is 30.3 Å². The molecule has 0 heterocycles. The minimum atomic E-state index is -0.762. The highest BCUT2D eigenvalue weighted by molar-refractivity contribution is 5.66. The number of ether oxygens (including phenoxy) is 1. The molecule has 5 nitrogen and oxygen atoms in total. The number of hydrogen-bond donors (Lipinski definition) is 3. The number of fused-ring (bicyclic) bond motifs is 1. The number of rotatable bonds is 9. The quantitative estimate of drug-likeness (QED) is 0.560. The van der Waals surface area contributed by atoms with Gasteiger partial charge in [0.1, 0.15) is 12.4 Å². The van der Waals surface area contributed by atoms with Crippen molar-refractivity contribution in [3.05, 3.63) is 42.0 Å². The first-order chi connectivity index (χ1) is 13.4. The molecule has 0 aromatic heterocycles. The summed E-state index contributed by atoms with van der Waals surface area (Å²) in [5.74, 6) is 0.583. The summed E-state index contributed by atoms with van der Waals surface area (Å²) in [6.45, 7) is 2.51. The van der Waals surface area contributed by atoms with Crippen molar-refractivity contribution < 1.29 is 24.9 Å². The Hall–Kier alpha value is -1.85. The summed E-state index contributed by atoms with van der Waals surface area (Å²) < 4.78 is 5.63. The van der Waals surface area contributed by atoms with Crippen molar-refractivity contribution in [2.75, 3.05) is 6.61 Å². The van der Waals surface area contributed by atoms with Gasteiger partial charge in [-0.05, 0) is 67.9 Å². The van der Waals surface area contributed by atoms with Crippen LogP contribution >= 0.6 is 0 Å². The van der Waals surface area contributed by atoms with Crippen LogP contribution in [0.15, 0.2) is 42.0 Å². The Bertz CT molecular complexity index is 685. The van der Waals surface area contributed by atoms with Crippen molar-refractivity contribution in [3.63, 3.8) is 0 Å². The number of carboxylic acid groups (broad SMARTS) is 1. The number of aliphatic carboxylic acids is 1. The van der Waals surface area contributed by atoms with E-state index in [1.165, 1.54) is 5.57 Å². The van der Waals surface area contributed by atoms with Gasteiger partial charge in [-0.15, -0.1) is 0 Å². The molecule has 2 saturated carbocycles. The van der Waals surface area contributed by atoms with E-state index in [1.54, 1.807) is 0 Å². The average molecular weight is 389 g/mol. The Kier molecular flexibility index (Phi) is 6.78. The molecule has 1 aromatic carbocycles. The van der Waals surface area contributed by atoms with Crippen molar-refractivity contribution >= 4 is 5.97 Å². The largest absolute Gasteiger partial charge is 0.491 e. The number of allylic oxidation sites excluding steroid dienone is 2. The third kappa shape index (κ3) is 4.76. The molecule has 3 rings (SSSR count). The average Bonchev–Trinajstić information content (AvgIpc) is 2.68. The molecule has 0 amide bonds. The van der Waals surface area contributed by atoms with Crippen LogP contribution < -0.4 is 4.74 Å². The zero-order valence-corrected chi connectivity index (χ0v) is 16.6. The fraction of sp³-hybridized carbons (Fsp3) is 0.609. The topological polar surface area (TPSA) is 87.0 Å². The van der Waals surface area contributed by atoms with Crippen LogP contribution in [0.3, 0.4) is 0 Å². The summed E-state index contributed by atoms with van der Waals surface area (Å²) in [5.41, 5.74) is 1.43. The third-order valence-corrected chi connectivity index (χ3v) is 6.73. The highest BCUT2D eigenvalue weighted by Crippen LogP contribution is 2.61. The number of benzene rings is 1. The van der Waals surface area contributed by atoms with Gasteiger partial charge >= 0.3 is 5.97 Å². The van der Waals surface area contributed by atoms with Crippen molar-refractivity contribution in [1.29, 1.82) is 0 Å². The van der Waals surface area contributed by atoms with Crippen molar-refractivity contribution in [3.8, 4) is 5.75 Å². The van der Waals surface area contributed by atoms with E-state index in [2.05, 4.69) is 13.0 Å². The van der Waals surface area contributed by atoms with E-state index < -0.39 is 12.1 Å². The van der Waals surface area contributed by atoms with Crippen LogP contribution in [0.25, 0.3) is 0 Å². The number of aliphatic hydroxyl groups is 2. The molecule has 28 heavy (non-hydrogen) atoms. The number of aliphatic hydroxyl groups excluding tert-OH is 2. The molecular weight excluding hydrogens is 356 g/mol. The van der Waals surface area contributed by atoms with Crippen molar-refractivity contribution in [2.45, 2.75) is 64.1 Å². The molecule has 0 aliphatic heterocycles. The van der Waals surface area contributed by atoms with Gasteiger partial charge in [0.25, 0.3) is 0 Å². The number of carbonyl (C=O) groups is 1. The van der Waals surface area contributed by atoms with E-state index in [0.29, 0.717) is 18.8 Å². The number of para-hydroxylation sites is 1. The highest BCUT2D eigenvalue weighted by Gasteiger charge is 2.54. The van der Waals surface area contributed by atoms with E-state index in [9.17, 15) is 15.0 Å². The lowest BCUT2D eigenvalue weighted by Gasteiger charge is -2.58. The lowest BCUT2D eigenvalue weighted by molar-refractivity contribution is -0.136. The lowest BCUT2D eigenvalue weighted by atomic mass is 9.47. The fourth-order valence-electron chi connectivity index (χ4n) is 4.96. The molecule has 2 fully saturated rings. The summed E-state index contributed by atoms with van der Waals surface area (Å²) in [7, 11) is 0. The summed E-state index contributed by atoms with van der Waals surface area (Å²) >= 11 is 0. The Labute approximate surface area is 167 Å². The molecule has 0 radical (unpaired) electrons. The van der Waals surface area contributed by atoms with E-state index in [-0.39, 0.29) is 30.5 Å². The summed E-state index contributed by atoms with van der Waals surface area (Å²) in [6.07, 6.45) is 6.03. The van der Waals surface area contributed by atoms with E-state index in [4.69, 9.17) is 9.84 Å². The number of hydrogen-bond acceptors (Lipinski definition) is 4. The predicted octanol–water partition coefficient (Wildman–Crippen LogP) is 3.79.